The van der Waals surface area contributed by atoms with Gasteiger partial charge in [0.05, 0.1) is 19.1 Å². The molecule has 0 bridgehead atoms. The predicted octanol–water partition coefficient (Wildman–Crippen LogP) is 3.82. The summed E-state index contributed by atoms with van der Waals surface area (Å²) in [5, 5.41) is 3.03. The highest BCUT2D eigenvalue weighted by Gasteiger charge is 2.24. The molecule has 0 aromatic heterocycles. The van der Waals surface area contributed by atoms with E-state index in [-0.39, 0.29) is 5.69 Å². The highest BCUT2D eigenvalue weighted by Crippen LogP contribution is 2.32. The maximum absolute atomic E-state index is 12.4. The molecule has 0 aliphatic rings. The molecule has 2 aromatic carbocycles. The first-order valence-corrected chi connectivity index (χ1v) is 10.5. The number of ether oxygens (including phenoxy) is 1. The summed E-state index contributed by atoms with van der Waals surface area (Å²) in [6.45, 7) is 1.48. The fourth-order valence-corrected chi connectivity index (χ4v) is 3.56. The van der Waals surface area contributed by atoms with Crippen LogP contribution in [0.1, 0.15) is 5.56 Å². The van der Waals surface area contributed by atoms with Crippen LogP contribution in [0.3, 0.4) is 0 Å². The number of halogens is 2. The lowest BCUT2D eigenvalue weighted by molar-refractivity contribution is -0.114. The van der Waals surface area contributed by atoms with Gasteiger partial charge in [0.1, 0.15) is 12.3 Å². The zero-order valence-corrected chi connectivity index (χ0v) is 17.6. The number of nitrogens with one attached hydrogen (secondary N) is 1. The molecule has 1 N–H and O–H groups in total. The Morgan fingerprint density at radius 3 is 2.54 bits per heavy atom. The van der Waals surface area contributed by atoms with Crippen molar-refractivity contribution in [2.45, 2.75) is 6.92 Å². The van der Waals surface area contributed by atoms with Crippen molar-refractivity contribution in [1.82, 2.24) is 0 Å². The molecule has 0 radical (unpaired) electrons. The van der Waals surface area contributed by atoms with E-state index < -0.39 is 22.5 Å². The fraction of sp³-hybridized carbons (Fsp3) is 0.235. The summed E-state index contributed by atoms with van der Waals surface area (Å²) in [5.41, 5.74) is 1.71. The number of carbonyl (C=O) groups excluding carboxylic acids is 1. The number of methoxy groups -OCH3 is 1. The molecule has 0 unspecified atom stereocenters. The Bertz CT molecular complexity index is 934. The van der Waals surface area contributed by atoms with Crippen LogP contribution in [0.5, 0.6) is 5.75 Å². The highest BCUT2D eigenvalue weighted by atomic mass is 79.9. The van der Waals surface area contributed by atoms with Crippen LogP contribution in [0.15, 0.2) is 40.9 Å². The monoisotopic (exact) mass is 460 g/mol. The Balaban J connectivity index is 2.30. The second-order valence-electron chi connectivity index (χ2n) is 5.60. The number of rotatable bonds is 6. The minimum Gasteiger partial charge on any atom is -0.495 e. The van der Waals surface area contributed by atoms with E-state index in [1.165, 1.54) is 13.2 Å². The topological polar surface area (TPSA) is 75.7 Å². The Hall–Kier alpha value is -1.77. The first kappa shape index (κ1) is 20.5. The van der Waals surface area contributed by atoms with Crippen LogP contribution in [0.2, 0.25) is 5.02 Å². The smallest absolute Gasteiger partial charge is 0.245 e. The summed E-state index contributed by atoms with van der Waals surface area (Å²) >= 11 is 9.37. The first-order valence-electron chi connectivity index (χ1n) is 7.49. The van der Waals surface area contributed by atoms with Crippen molar-refractivity contribution in [3.05, 3.63) is 51.5 Å². The number of anilines is 2. The zero-order valence-electron chi connectivity index (χ0n) is 14.4. The molecule has 0 saturated heterocycles. The van der Waals surface area contributed by atoms with Gasteiger partial charge in [-0.25, -0.2) is 8.42 Å². The van der Waals surface area contributed by atoms with Crippen molar-refractivity contribution in [3.8, 4) is 5.75 Å². The summed E-state index contributed by atoms with van der Waals surface area (Å²) in [7, 11) is -2.33. The SMILES string of the molecule is COc1ccc(Cl)cc1N(CC(=O)Nc1ccc(Br)c(C)c1)S(C)(=O)=O. The van der Waals surface area contributed by atoms with Crippen LogP contribution in [0, 0.1) is 6.92 Å². The van der Waals surface area contributed by atoms with Crippen LogP contribution in [-0.4, -0.2) is 34.2 Å². The highest BCUT2D eigenvalue weighted by molar-refractivity contribution is 9.10. The lowest BCUT2D eigenvalue weighted by atomic mass is 10.2. The van der Waals surface area contributed by atoms with Gasteiger partial charge in [0.2, 0.25) is 15.9 Å². The van der Waals surface area contributed by atoms with E-state index in [1.807, 2.05) is 6.92 Å². The quantitative estimate of drug-likeness (QED) is 0.709. The van der Waals surface area contributed by atoms with Gasteiger partial charge >= 0.3 is 0 Å². The molecule has 6 nitrogen and oxygen atoms in total. The van der Waals surface area contributed by atoms with Crippen LogP contribution in [-0.2, 0) is 14.8 Å². The molecule has 0 heterocycles. The van der Waals surface area contributed by atoms with E-state index in [0.717, 1.165) is 20.6 Å². The molecule has 0 aliphatic carbocycles. The predicted molar refractivity (Wildman–Crippen MR) is 108 cm³/mol. The van der Waals surface area contributed by atoms with Gasteiger partial charge < -0.3 is 10.1 Å². The second kappa shape index (κ2) is 8.28. The molecular weight excluding hydrogens is 444 g/mol. The molecule has 0 atom stereocenters. The van der Waals surface area contributed by atoms with Crippen molar-refractivity contribution >= 4 is 54.8 Å². The molecule has 0 spiro atoms. The average molecular weight is 462 g/mol. The lowest BCUT2D eigenvalue weighted by Gasteiger charge is -2.24. The number of nitrogens with zero attached hydrogens (tertiary/aromatic N) is 1. The first-order chi connectivity index (χ1) is 12.1. The van der Waals surface area contributed by atoms with E-state index >= 15 is 0 Å². The van der Waals surface area contributed by atoms with Crippen LogP contribution < -0.4 is 14.4 Å². The van der Waals surface area contributed by atoms with E-state index in [1.54, 1.807) is 30.3 Å². The van der Waals surface area contributed by atoms with Crippen LogP contribution in [0.25, 0.3) is 0 Å². The number of sulfonamides is 1. The average Bonchev–Trinajstić information content (AvgIpc) is 2.55. The fourth-order valence-electron chi connectivity index (χ4n) is 2.29. The third kappa shape index (κ3) is 5.12. The molecule has 1 amide bonds. The van der Waals surface area contributed by atoms with Crippen molar-refractivity contribution in [2.24, 2.45) is 0 Å². The van der Waals surface area contributed by atoms with Gasteiger partial charge in [-0.1, -0.05) is 27.5 Å². The number of hydrogen-bond donors (Lipinski definition) is 1. The summed E-state index contributed by atoms with van der Waals surface area (Å²) in [6.07, 6.45) is 1.02. The van der Waals surface area contributed by atoms with Gasteiger partial charge in [-0.15, -0.1) is 0 Å². The number of aryl methyl sites for hydroxylation is 1. The van der Waals surface area contributed by atoms with Crippen LogP contribution in [0.4, 0.5) is 11.4 Å². The van der Waals surface area contributed by atoms with Gasteiger partial charge in [0.25, 0.3) is 0 Å². The van der Waals surface area contributed by atoms with E-state index in [2.05, 4.69) is 21.2 Å². The van der Waals surface area contributed by atoms with E-state index in [0.29, 0.717) is 16.5 Å². The molecule has 0 fully saturated rings. The molecule has 26 heavy (non-hydrogen) atoms. The molecule has 0 saturated carbocycles. The molecule has 140 valence electrons. The molecule has 2 aromatic rings. The van der Waals surface area contributed by atoms with Gasteiger partial charge in [-0.2, -0.15) is 0 Å². The maximum Gasteiger partial charge on any atom is 0.245 e. The van der Waals surface area contributed by atoms with Gasteiger partial charge in [-0.05, 0) is 48.9 Å². The number of amides is 1. The second-order valence-corrected chi connectivity index (χ2v) is 8.80. The Morgan fingerprint density at radius 2 is 1.96 bits per heavy atom. The standard InChI is InChI=1S/C17H18BrClN2O4S/c1-11-8-13(5-6-14(11)18)20-17(22)10-21(26(3,23)24)15-9-12(19)4-7-16(15)25-2/h4-9H,10H2,1-3H3,(H,20,22). The van der Waals surface area contributed by atoms with Crippen molar-refractivity contribution in [1.29, 1.82) is 0 Å². The Kier molecular flexibility index (Phi) is 6.54. The number of benzene rings is 2. The van der Waals surface area contributed by atoms with Crippen molar-refractivity contribution < 1.29 is 17.9 Å². The Morgan fingerprint density at radius 1 is 1.27 bits per heavy atom. The summed E-state index contributed by atoms with van der Waals surface area (Å²) in [6, 6.07) is 9.88. The van der Waals surface area contributed by atoms with Crippen LogP contribution >= 0.6 is 27.5 Å². The summed E-state index contributed by atoms with van der Waals surface area (Å²) in [4.78, 5) is 12.4. The van der Waals surface area contributed by atoms with Crippen molar-refractivity contribution in [3.63, 3.8) is 0 Å². The Labute approximate surface area is 166 Å². The van der Waals surface area contributed by atoms with Gasteiger partial charge in [-0.3, -0.25) is 9.10 Å². The minimum atomic E-state index is -3.74. The lowest BCUT2D eigenvalue weighted by Crippen LogP contribution is -2.37. The maximum atomic E-state index is 12.4. The third-order valence-corrected chi connectivity index (χ3v) is 5.79. The molecule has 0 aliphatic heterocycles. The molecular formula is C17H18BrClN2O4S. The van der Waals surface area contributed by atoms with Gasteiger partial charge in [0, 0.05) is 15.2 Å². The summed E-state index contributed by atoms with van der Waals surface area (Å²) < 4.78 is 31.6. The largest absolute Gasteiger partial charge is 0.495 e. The minimum absolute atomic E-state index is 0.199. The zero-order chi connectivity index (χ0) is 19.5. The van der Waals surface area contributed by atoms with Gasteiger partial charge in [0.15, 0.2) is 0 Å². The van der Waals surface area contributed by atoms with E-state index in [9.17, 15) is 13.2 Å². The van der Waals surface area contributed by atoms with Crippen molar-refractivity contribution in [2.75, 3.05) is 29.5 Å². The number of carbonyl (C=O) groups is 1. The molecule has 9 heteroatoms. The third-order valence-electron chi connectivity index (χ3n) is 3.54. The normalized spacial score (nSPS) is 11.1. The summed E-state index contributed by atoms with van der Waals surface area (Å²) in [5.74, 6) is -0.189. The number of hydrogen-bond acceptors (Lipinski definition) is 4. The van der Waals surface area contributed by atoms with E-state index in [4.69, 9.17) is 16.3 Å². The molecule has 2 rings (SSSR count).